The molecule has 2 aliphatic heterocycles. The van der Waals surface area contributed by atoms with Crippen LogP contribution >= 0.6 is 0 Å². The average molecular weight is 315 g/mol. The Morgan fingerprint density at radius 1 is 1.22 bits per heavy atom. The number of benzene rings is 1. The molecular weight excluding hydrogens is 286 g/mol. The van der Waals surface area contributed by atoms with E-state index in [-0.39, 0.29) is 0 Å². The fraction of sp³-hybridized carbons (Fsp3) is 0.684. The molecule has 4 rings (SSSR count). The molecule has 2 atom stereocenters. The van der Waals surface area contributed by atoms with Gasteiger partial charge in [0.1, 0.15) is 5.75 Å². The molecule has 0 radical (unpaired) electrons. The summed E-state index contributed by atoms with van der Waals surface area (Å²) in [7, 11) is 0. The van der Waals surface area contributed by atoms with Crippen molar-refractivity contribution >= 4 is 0 Å². The van der Waals surface area contributed by atoms with Crippen LogP contribution in [0.2, 0.25) is 0 Å². The highest BCUT2D eigenvalue weighted by atomic mass is 16.5. The summed E-state index contributed by atoms with van der Waals surface area (Å²) in [5.74, 6) is 1.71. The zero-order chi connectivity index (χ0) is 15.5. The molecule has 0 bridgehead atoms. The second-order valence-corrected chi connectivity index (χ2v) is 7.41. The lowest BCUT2D eigenvalue weighted by molar-refractivity contribution is 0.0649. The quantitative estimate of drug-likeness (QED) is 0.842. The molecule has 3 aliphatic rings. The number of piperazine rings is 1. The van der Waals surface area contributed by atoms with E-state index in [0.29, 0.717) is 5.92 Å². The van der Waals surface area contributed by atoms with Crippen LogP contribution in [-0.2, 0) is 6.54 Å². The first-order valence-corrected chi connectivity index (χ1v) is 9.27. The number of fused-ring (bicyclic) bond motifs is 1. The summed E-state index contributed by atoms with van der Waals surface area (Å²) < 4.78 is 6.12. The van der Waals surface area contributed by atoms with Crippen molar-refractivity contribution in [2.75, 3.05) is 32.8 Å². The highest BCUT2D eigenvalue weighted by molar-refractivity contribution is 5.28. The maximum atomic E-state index is 6.12. The van der Waals surface area contributed by atoms with Crippen LogP contribution in [0.1, 0.15) is 31.2 Å². The van der Waals surface area contributed by atoms with Crippen LogP contribution in [0.15, 0.2) is 24.3 Å². The Morgan fingerprint density at radius 3 is 3.09 bits per heavy atom. The fourth-order valence-electron chi connectivity index (χ4n) is 3.82. The molecule has 23 heavy (non-hydrogen) atoms. The van der Waals surface area contributed by atoms with Crippen molar-refractivity contribution < 1.29 is 4.74 Å². The molecule has 1 aromatic rings. The lowest BCUT2D eigenvalue weighted by Crippen LogP contribution is -2.55. The Labute approximate surface area is 139 Å². The van der Waals surface area contributed by atoms with Crippen molar-refractivity contribution in [1.29, 1.82) is 0 Å². The summed E-state index contributed by atoms with van der Waals surface area (Å²) in [5.41, 5.74) is 1.33. The Balaban J connectivity index is 1.26. The Bertz CT molecular complexity index is 517. The summed E-state index contributed by atoms with van der Waals surface area (Å²) in [5, 5.41) is 7.08. The first kappa shape index (κ1) is 15.4. The number of hydrogen-bond acceptors (Lipinski definition) is 4. The predicted molar refractivity (Wildman–Crippen MR) is 92.8 cm³/mol. The van der Waals surface area contributed by atoms with Gasteiger partial charge in [-0.2, -0.15) is 0 Å². The Hall–Kier alpha value is -1.10. The van der Waals surface area contributed by atoms with Gasteiger partial charge in [0.05, 0.1) is 6.61 Å². The smallest absolute Gasteiger partial charge is 0.119 e. The largest absolute Gasteiger partial charge is 0.493 e. The normalized spacial score (nSPS) is 28.3. The van der Waals surface area contributed by atoms with Crippen molar-refractivity contribution in [3.05, 3.63) is 29.8 Å². The van der Waals surface area contributed by atoms with Crippen LogP contribution in [-0.4, -0.2) is 49.8 Å². The van der Waals surface area contributed by atoms with Gasteiger partial charge in [0.2, 0.25) is 0 Å². The van der Waals surface area contributed by atoms with Crippen LogP contribution in [0.5, 0.6) is 5.75 Å². The summed E-state index contributed by atoms with van der Waals surface area (Å²) in [6.07, 6.45) is 5.29. The van der Waals surface area contributed by atoms with Gasteiger partial charge in [0, 0.05) is 50.7 Å². The molecule has 1 aliphatic carbocycles. The minimum absolute atomic E-state index is 0.678. The van der Waals surface area contributed by atoms with E-state index < -0.39 is 0 Å². The number of nitrogens with zero attached hydrogens (tertiary/aromatic N) is 1. The molecule has 2 N–H and O–H groups in total. The van der Waals surface area contributed by atoms with Crippen LogP contribution in [0.4, 0.5) is 0 Å². The van der Waals surface area contributed by atoms with E-state index in [1.54, 1.807) is 0 Å². The molecule has 3 fully saturated rings. The van der Waals surface area contributed by atoms with Crippen molar-refractivity contribution in [3.8, 4) is 5.75 Å². The summed E-state index contributed by atoms with van der Waals surface area (Å²) in [4.78, 5) is 2.66. The number of ether oxygens (including phenoxy) is 1. The Kier molecular flexibility index (Phi) is 4.83. The predicted octanol–water partition coefficient (Wildman–Crippen LogP) is 2.00. The third kappa shape index (κ3) is 4.25. The molecule has 2 unspecified atom stereocenters. The van der Waals surface area contributed by atoms with E-state index in [9.17, 15) is 0 Å². The summed E-state index contributed by atoms with van der Waals surface area (Å²) in [6.45, 7) is 6.53. The SMILES string of the molecule is c1cc(CNC2CC2)cc(OCC2CCC3CNCCN3C2)c1. The third-order valence-corrected chi connectivity index (χ3v) is 5.43. The highest BCUT2D eigenvalue weighted by Crippen LogP contribution is 2.24. The van der Waals surface area contributed by atoms with Crippen molar-refractivity contribution in [3.63, 3.8) is 0 Å². The van der Waals surface area contributed by atoms with Crippen molar-refractivity contribution in [2.45, 2.75) is 44.3 Å². The molecule has 4 nitrogen and oxygen atoms in total. The van der Waals surface area contributed by atoms with Gasteiger partial charge in [-0.05, 0) is 43.4 Å². The van der Waals surface area contributed by atoms with Gasteiger partial charge in [0.15, 0.2) is 0 Å². The Morgan fingerprint density at radius 2 is 2.17 bits per heavy atom. The second-order valence-electron chi connectivity index (χ2n) is 7.41. The third-order valence-electron chi connectivity index (χ3n) is 5.43. The number of hydrogen-bond donors (Lipinski definition) is 2. The first-order chi connectivity index (χ1) is 11.4. The molecule has 126 valence electrons. The average Bonchev–Trinajstić information content (AvgIpc) is 3.43. The second kappa shape index (κ2) is 7.20. The molecule has 2 saturated heterocycles. The van der Waals surface area contributed by atoms with Crippen LogP contribution in [0.3, 0.4) is 0 Å². The maximum Gasteiger partial charge on any atom is 0.119 e. The van der Waals surface area contributed by atoms with E-state index in [1.165, 1.54) is 50.9 Å². The van der Waals surface area contributed by atoms with Crippen LogP contribution in [0, 0.1) is 5.92 Å². The number of piperidine rings is 1. The number of rotatable bonds is 6. The fourth-order valence-corrected chi connectivity index (χ4v) is 3.82. The zero-order valence-corrected chi connectivity index (χ0v) is 14.0. The van der Waals surface area contributed by atoms with E-state index in [4.69, 9.17) is 4.74 Å². The standard InChI is InChI=1S/C19H29N3O/c1-2-15(11-21-17-5-6-17)10-19(3-1)23-14-16-4-7-18-12-20-8-9-22(18)13-16/h1-3,10,16-18,20-21H,4-9,11-14H2. The van der Waals surface area contributed by atoms with Gasteiger partial charge in [-0.3, -0.25) is 4.90 Å². The minimum atomic E-state index is 0.678. The monoisotopic (exact) mass is 315 g/mol. The van der Waals surface area contributed by atoms with Gasteiger partial charge in [-0.1, -0.05) is 12.1 Å². The minimum Gasteiger partial charge on any atom is -0.493 e. The van der Waals surface area contributed by atoms with E-state index in [2.05, 4.69) is 39.8 Å². The maximum absolute atomic E-state index is 6.12. The topological polar surface area (TPSA) is 36.5 Å². The molecule has 0 amide bonds. The van der Waals surface area contributed by atoms with Gasteiger partial charge in [-0.15, -0.1) is 0 Å². The van der Waals surface area contributed by atoms with E-state index in [0.717, 1.165) is 37.5 Å². The van der Waals surface area contributed by atoms with Crippen LogP contribution in [0.25, 0.3) is 0 Å². The highest BCUT2D eigenvalue weighted by Gasteiger charge is 2.30. The van der Waals surface area contributed by atoms with Gasteiger partial charge in [-0.25, -0.2) is 0 Å². The lowest BCUT2D eigenvalue weighted by atomic mass is 9.92. The van der Waals surface area contributed by atoms with Crippen molar-refractivity contribution in [2.24, 2.45) is 5.92 Å². The molecular formula is C19H29N3O. The number of nitrogens with one attached hydrogen (secondary N) is 2. The lowest BCUT2D eigenvalue weighted by Gasteiger charge is -2.42. The van der Waals surface area contributed by atoms with Gasteiger partial charge in [0.25, 0.3) is 0 Å². The summed E-state index contributed by atoms with van der Waals surface area (Å²) >= 11 is 0. The van der Waals surface area contributed by atoms with E-state index >= 15 is 0 Å². The van der Waals surface area contributed by atoms with Crippen molar-refractivity contribution in [1.82, 2.24) is 15.5 Å². The molecule has 0 spiro atoms. The van der Waals surface area contributed by atoms with Gasteiger partial charge >= 0.3 is 0 Å². The molecule has 4 heteroatoms. The molecule has 0 aromatic heterocycles. The molecule has 2 heterocycles. The zero-order valence-electron chi connectivity index (χ0n) is 14.0. The molecule has 1 aromatic carbocycles. The van der Waals surface area contributed by atoms with E-state index in [1.807, 2.05) is 0 Å². The first-order valence-electron chi connectivity index (χ1n) is 9.27. The molecule has 1 saturated carbocycles. The van der Waals surface area contributed by atoms with Crippen LogP contribution < -0.4 is 15.4 Å². The van der Waals surface area contributed by atoms with Gasteiger partial charge < -0.3 is 15.4 Å². The summed E-state index contributed by atoms with van der Waals surface area (Å²) in [6, 6.07) is 10.1.